The molecule has 0 bridgehead atoms. The fourth-order valence-electron chi connectivity index (χ4n) is 3.15. The van der Waals surface area contributed by atoms with E-state index >= 15 is 0 Å². The molecule has 6 nitrogen and oxygen atoms in total. The SMILES string of the molecule is CCOC(=O)C(Cc1ccc(OC)c(CNC(=O)c2ccc(C(F)(F)F)cc2)c1)OC(C)C. The van der Waals surface area contributed by atoms with Gasteiger partial charge in [-0.15, -0.1) is 0 Å². The number of hydrogen-bond donors (Lipinski definition) is 1. The second-order valence-corrected chi connectivity index (χ2v) is 7.53. The summed E-state index contributed by atoms with van der Waals surface area (Å²) in [7, 11) is 1.49. The molecule has 0 aliphatic rings. The lowest BCUT2D eigenvalue weighted by molar-refractivity contribution is -0.159. The molecule has 1 unspecified atom stereocenters. The third-order valence-electron chi connectivity index (χ3n) is 4.67. The number of alkyl halides is 3. The molecule has 0 spiro atoms. The summed E-state index contributed by atoms with van der Waals surface area (Å²) in [6, 6.07) is 9.25. The van der Waals surface area contributed by atoms with E-state index in [-0.39, 0.29) is 31.2 Å². The maximum atomic E-state index is 12.7. The van der Waals surface area contributed by atoms with Crippen molar-refractivity contribution in [2.24, 2.45) is 0 Å². The van der Waals surface area contributed by atoms with E-state index in [9.17, 15) is 22.8 Å². The van der Waals surface area contributed by atoms with Gasteiger partial charge in [-0.25, -0.2) is 4.79 Å². The van der Waals surface area contributed by atoms with Crippen LogP contribution in [0.1, 0.15) is 47.8 Å². The Morgan fingerprint density at radius 1 is 1.06 bits per heavy atom. The Hall–Kier alpha value is -3.07. The predicted octanol–water partition coefficient (Wildman–Crippen LogP) is 4.54. The van der Waals surface area contributed by atoms with E-state index in [2.05, 4.69) is 5.32 Å². The molecule has 2 rings (SSSR count). The van der Waals surface area contributed by atoms with Crippen molar-refractivity contribution < 1.29 is 37.0 Å². The molecule has 0 aliphatic heterocycles. The van der Waals surface area contributed by atoms with Crippen molar-refractivity contribution in [2.75, 3.05) is 13.7 Å². The van der Waals surface area contributed by atoms with Gasteiger partial charge in [0.05, 0.1) is 25.4 Å². The Morgan fingerprint density at radius 2 is 1.73 bits per heavy atom. The first-order chi connectivity index (χ1) is 15.5. The van der Waals surface area contributed by atoms with Crippen LogP contribution in [-0.2, 0) is 33.4 Å². The van der Waals surface area contributed by atoms with Gasteiger partial charge in [0.2, 0.25) is 0 Å². The van der Waals surface area contributed by atoms with Crippen LogP contribution < -0.4 is 10.1 Å². The summed E-state index contributed by atoms with van der Waals surface area (Å²) >= 11 is 0. The Labute approximate surface area is 191 Å². The first kappa shape index (κ1) is 26.2. The number of halogens is 3. The molecule has 9 heteroatoms. The van der Waals surface area contributed by atoms with Gasteiger partial charge < -0.3 is 19.5 Å². The fourth-order valence-corrected chi connectivity index (χ4v) is 3.15. The maximum absolute atomic E-state index is 12.7. The lowest BCUT2D eigenvalue weighted by atomic mass is 10.0. The number of esters is 1. The van der Waals surface area contributed by atoms with Gasteiger partial charge >= 0.3 is 12.1 Å². The summed E-state index contributed by atoms with van der Waals surface area (Å²) in [5, 5.41) is 2.68. The minimum absolute atomic E-state index is 0.0754. The molecule has 0 fully saturated rings. The molecule has 1 N–H and O–H groups in total. The monoisotopic (exact) mass is 467 g/mol. The molecule has 1 atom stereocenters. The first-order valence-electron chi connectivity index (χ1n) is 10.5. The highest BCUT2D eigenvalue weighted by atomic mass is 19.4. The smallest absolute Gasteiger partial charge is 0.416 e. The molecule has 1 amide bonds. The number of hydrogen-bond acceptors (Lipinski definition) is 5. The summed E-state index contributed by atoms with van der Waals surface area (Å²) in [5.74, 6) is -0.466. The molecule has 2 aromatic carbocycles. The zero-order valence-corrected chi connectivity index (χ0v) is 19.0. The average Bonchev–Trinajstić information content (AvgIpc) is 2.76. The Morgan fingerprint density at radius 3 is 2.27 bits per heavy atom. The van der Waals surface area contributed by atoms with Crippen molar-refractivity contribution in [1.29, 1.82) is 0 Å². The minimum atomic E-state index is -4.47. The van der Waals surface area contributed by atoms with Gasteiger partial charge in [-0.3, -0.25) is 4.79 Å². The second kappa shape index (κ2) is 11.7. The highest BCUT2D eigenvalue weighted by Crippen LogP contribution is 2.29. The summed E-state index contributed by atoms with van der Waals surface area (Å²) in [4.78, 5) is 24.7. The predicted molar refractivity (Wildman–Crippen MR) is 116 cm³/mol. The number of ether oxygens (including phenoxy) is 3. The lowest BCUT2D eigenvalue weighted by Crippen LogP contribution is -2.31. The molecular formula is C24H28F3NO5. The zero-order chi connectivity index (χ0) is 24.6. The van der Waals surface area contributed by atoms with E-state index in [4.69, 9.17) is 14.2 Å². The number of methoxy groups -OCH3 is 1. The maximum Gasteiger partial charge on any atom is 0.416 e. The molecule has 180 valence electrons. The van der Waals surface area contributed by atoms with Crippen LogP contribution in [0.25, 0.3) is 0 Å². The van der Waals surface area contributed by atoms with Gasteiger partial charge in [0.1, 0.15) is 5.75 Å². The average molecular weight is 467 g/mol. The standard InChI is InChI=1S/C24H28F3NO5/c1-5-32-23(30)21(33-15(2)3)13-16-6-11-20(31-4)18(12-16)14-28-22(29)17-7-9-19(10-8-17)24(25,26)27/h6-12,15,21H,5,13-14H2,1-4H3,(H,28,29). The Balaban J connectivity index is 2.13. The van der Waals surface area contributed by atoms with E-state index in [1.807, 2.05) is 13.8 Å². The van der Waals surface area contributed by atoms with E-state index < -0.39 is 29.7 Å². The molecule has 2 aromatic rings. The topological polar surface area (TPSA) is 73.9 Å². The summed E-state index contributed by atoms with van der Waals surface area (Å²) in [5.41, 5.74) is 0.690. The van der Waals surface area contributed by atoms with Gasteiger partial charge in [-0.1, -0.05) is 12.1 Å². The molecule has 0 radical (unpaired) electrons. The van der Waals surface area contributed by atoms with E-state index in [1.165, 1.54) is 7.11 Å². The van der Waals surface area contributed by atoms with Crippen LogP contribution >= 0.6 is 0 Å². The van der Waals surface area contributed by atoms with Crippen LogP contribution in [-0.4, -0.2) is 37.8 Å². The number of carbonyl (C=O) groups is 2. The van der Waals surface area contributed by atoms with E-state index in [1.54, 1.807) is 25.1 Å². The van der Waals surface area contributed by atoms with Crippen LogP contribution in [0, 0.1) is 0 Å². The lowest BCUT2D eigenvalue weighted by Gasteiger charge is -2.20. The highest BCUT2D eigenvalue weighted by Gasteiger charge is 2.30. The van der Waals surface area contributed by atoms with Crippen LogP contribution in [0.15, 0.2) is 42.5 Å². The third kappa shape index (κ3) is 7.78. The van der Waals surface area contributed by atoms with Gasteiger partial charge in [-0.05, 0) is 56.7 Å². The minimum Gasteiger partial charge on any atom is -0.496 e. The Bertz CT molecular complexity index is 942. The molecule has 0 saturated carbocycles. The molecule has 0 saturated heterocycles. The highest BCUT2D eigenvalue weighted by molar-refractivity contribution is 5.94. The van der Waals surface area contributed by atoms with Crippen molar-refractivity contribution in [3.05, 3.63) is 64.7 Å². The van der Waals surface area contributed by atoms with Crippen LogP contribution in [0.2, 0.25) is 0 Å². The number of benzene rings is 2. The van der Waals surface area contributed by atoms with Crippen molar-refractivity contribution >= 4 is 11.9 Å². The molecule has 0 aromatic heterocycles. The molecule has 0 aliphatic carbocycles. The largest absolute Gasteiger partial charge is 0.496 e. The number of amides is 1. The number of rotatable bonds is 10. The Kier molecular flexibility index (Phi) is 9.28. The second-order valence-electron chi connectivity index (χ2n) is 7.53. The van der Waals surface area contributed by atoms with Crippen molar-refractivity contribution in [3.8, 4) is 5.75 Å². The van der Waals surface area contributed by atoms with Crippen LogP contribution in [0.4, 0.5) is 13.2 Å². The van der Waals surface area contributed by atoms with Gasteiger partial charge in [0.15, 0.2) is 6.10 Å². The quantitative estimate of drug-likeness (QED) is 0.520. The van der Waals surface area contributed by atoms with Crippen molar-refractivity contribution in [3.63, 3.8) is 0 Å². The zero-order valence-electron chi connectivity index (χ0n) is 19.0. The summed E-state index contributed by atoms with van der Waals surface area (Å²) in [6.45, 7) is 5.67. The normalized spacial score (nSPS) is 12.4. The van der Waals surface area contributed by atoms with Gasteiger partial charge in [0, 0.05) is 24.1 Å². The summed E-state index contributed by atoms with van der Waals surface area (Å²) < 4.78 is 54.3. The van der Waals surface area contributed by atoms with Gasteiger partial charge in [-0.2, -0.15) is 13.2 Å². The van der Waals surface area contributed by atoms with Crippen LogP contribution in [0.3, 0.4) is 0 Å². The molecule has 0 heterocycles. The van der Waals surface area contributed by atoms with Gasteiger partial charge in [0.25, 0.3) is 5.91 Å². The molecule has 33 heavy (non-hydrogen) atoms. The first-order valence-corrected chi connectivity index (χ1v) is 10.5. The van der Waals surface area contributed by atoms with Crippen LogP contribution in [0.5, 0.6) is 5.75 Å². The van der Waals surface area contributed by atoms with Crippen molar-refractivity contribution in [2.45, 2.75) is 52.1 Å². The third-order valence-corrected chi connectivity index (χ3v) is 4.67. The van der Waals surface area contributed by atoms with E-state index in [0.717, 1.165) is 29.8 Å². The van der Waals surface area contributed by atoms with E-state index in [0.29, 0.717) is 11.3 Å². The number of nitrogens with one attached hydrogen (secondary N) is 1. The summed E-state index contributed by atoms with van der Waals surface area (Å²) in [6.07, 6.45) is -5.17. The fraction of sp³-hybridized carbons (Fsp3) is 0.417. The molecular weight excluding hydrogens is 439 g/mol. The number of carbonyl (C=O) groups excluding carboxylic acids is 2. The van der Waals surface area contributed by atoms with Crippen molar-refractivity contribution in [1.82, 2.24) is 5.32 Å².